The van der Waals surface area contributed by atoms with Gasteiger partial charge in [-0.25, -0.2) is 4.98 Å². The topological polar surface area (TPSA) is 64.9 Å². The largest absolute Gasteiger partial charge is 0.494 e. The number of nitrogens with zero attached hydrogens (tertiary/aromatic N) is 2. The van der Waals surface area contributed by atoms with E-state index in [0.29, 0.717) is 18.0 Å². The second-order valence-electron chi connectivity index (χ2n) is 6.04. The summed E-state index contributed by atoms with van der Waals surface area (Å²) < 4.78 is 13.0. The second kappa shape index (κ2) is 8.14. The number of ether oxygens (including phenoxy) is 2. The van der Waals surface area contributed by atoms with Crippen molar-refractivity contribution in [1.29, 1.82) is 0 Å². The molecule has 6 nitrogen and oxygen atoms in total. The average molecular weight is 393 g/mol. The summed E-state index contributed by atoms with van der Waals surface area (Å²) in [5, 5.41) is 4.83. The van der Waals surface area contributed by atoms with Gasteiger partial charge < -0.3 is 14.8 Å². The predicted molar refractivity (Wildman–Crippen MR) is 110 cm³/mol. The third-order valence-corrected chi connectivity index (χ3v) is 4.81. The average Bonchev–Trinajstić information content (AvgIpc) is 3.30. The van der Waals surface area contributed by atoms with Gasteiger partial charge in [0.15, 0.2) is 11.6 Å². The molecule has 2 aromatic heterocycles. The number of aromatic nitrogens is 2. The molecular weight excluding hydrogens is 374 g/mol. The Kier molecular flexibility index (Phi) is 5.25. The molecule has 7 heteroatoms. The van der Waals surface area contributed by atoms with Crippen molar-refractivity contribution in [2.45, 2.75) is 6.92 Å². The lowest BCUT2D eigenvalue weighted by Gasteiger charge is -2.09. The van der Waals surface area contributed by atoms with E-state index in [2.05, 4.69) is 10.3 Å². The fraction of sp³-hybridized carbons (Fsp3) is 0.143. The summed E-state index contributed by atoms with van der Waals surface area (Å²) >= 11 is 1.59. The van der Waals surface area contributed by atoms with Crippen molar-refractivity contribution in [1.82, 2.24) is 9.38 Å². The summed E-state index contributed by atoms with van der Waals surface area (Å²) in [5.41, 5.74) is 2.61. The molecule has 0 fully saturated rings. The third kappa shape index (κ3) is 4.15. The van der Waals surface area contributed by atoms with E-state index in [4.69, 9.17) is 9.47 Å². The van der Waals surface area contributed by atoms with Crippen LogP contribution in [0.25, 0.3) is 16.2 Å². The zero-order valence-electron chi connectivity index (χ0n) is 15.3. The second-order valence-corrected chi connectivity index (χ2v) is 6.91. The number of benzene rings is 2. The van der Waals surface area contributed by atoms with Crippen LogP contribution in [0.5, 0.6) is 11.5 Å². The molecule has 0 atom stereocenters. The first-order valence-electron chi connectivity index (χ1n) is 8.89. The molecule has 2 heterocycles. The highest BCUT2D eigenvalue weighted by Crippen LogP contribution is 2.23. The minimum atomic E-state index is -0.225. The van der Waals surface area contributed by atoms with Crippen molar-refractivity contribution >= 4 is 27.9 Å². The van der Waals surface area contributed by atoms with Gasteiger partial charge in [-0.2, -0.15) is 0 Å². The summed E-state index contributed by atoms with van der Waals surface area (Å²) in [6, 6.07) is 14.8. The molecule has 142 valence electrons. The van der Waals surface area contributed by atoms with Gasteiger partial charge in [0.2, 0.25) is 0 Å². The number of amides is 1. The molecule has 0 aliphatic rings. The molecule has 0 aliphatic heterocycles. The fourth-order valence-corrected chi connectivity index (χ4v) is 3.46. The molecule has 1 N–H and O–H groups in total. The Labute approximate surface area is 166 Å². The van der Waals surface area contributed by atoms with Gasteiger partial charge in [-0.1, -0.05) is 18.2 Å². The Balaban J connectivity index is 1.34. The number of hydrogen-bond donors (Lipinski definition) is 1. The van der Waals surface area contributed by atoms with Gasteiger partial charge in [-0.05, 0) is 31.2 Å². The lowest BCUT2D eigenvalue weighted by molar-refractivity contribution is -0.118. The molecule has 28 heavy (non-hydrogen) atoms. The number of rotatable bonds is 7. The summed E-state index contributed by atoms with van der Waals surface area (Å²) in [5.74, 6) is 1.09. The Morgan fingerprint density at radius 3 is 2.68 bits per heavy atom. The third-order valence-electron chi connectivity index (χ3n) is 4.04. The number of hydrogen-bond acceptors (Lipinski definition) is 5. The summed E-state index contributed by atoms with van der Waals surface area (Å²) in [6.07, 6.45) is 3.97. The van der Waals surface area contributed by atoms with E-state index in [-0.39, 0.29) is 12.5 Å². The number of carbonyl (C=O) groups excluding carboxylic acids is 1. The molecule has 0 aliphatic carbocycles. The lowest BCUT2D eigenvalue weighted by atomic mass is 10.1. The molecule has 0 bridgehead atoms. The zero-order chi connectivity index (χ0) is 19.3. The van der Waals surface area contributed by atoms with Gasteiger partial charge in [-0.15, -0.1) is 11.3 Å². The van der Waals surface area contributed by atoms with Crippen LogP contribution in [-0.4, -0.2) is 28.5 Å². The van der Waals surface area contributed by atoms with Crippen molar-refractivity contribution in [3.05, 3.63) is 66.3 Å². The molecule has 0 saturated heterocycles. The fourth-order valence-electron chi connectivity index (χ4n) is 2.76. The summed E-state index contributed by atoms with van der Waals surface area (Å²) in [4.78, 5) is 17.7. The minimum absolute atomic E-state index is 0.0747. The molecule has 4 rings (SSSR count). The van der Waals surface area contributed by atoms with Gasteiger partial charge in [-0.3, -0.25) is 9.20 Å². The Hall–Kier alpha value is -3.32. The quantitative estimate of drug-likeness (QED) is 0.503. The maximum atomic E-state index is 12.2. The molecule has 0 unspecified atom stereocenters. The molecule has 0 radical (unpaired) electrons. The van der Waals surface area contributed by atoms with Crippen LogP contribution in [0.1, 0.15) is 6.92 Å². The number of thiazole rings is 1. The molecule has 1 amide bonds. The summed E-state index contributed by atoms with van der Waals surface area (Å²) in [6.45, 7) is 2.42. The Morgan fingerprint density at radius 2 is 1.93 bits per heavy atom. The van der Waals surface area contributed by atoms with Crippen LogP contribution in [0, 0.1) is 0 Å². The molecular formula is C21H19N3O3S. The number of imidazole rings is 1. The maximum absolute atomic E-state index is 12.2. The minimum Gasteiger partial charge on any atom is -0.494 e. The van der Waals surface area contributed by atoms with E-state index >= 15 is 0 Å². The van der Waals surface area contributed by atoms with Crippen molar-refractivity contribution in [3.63, 3.8) is 0 Å². The van der Waals surface area contributed by atoms with E-state index in [1.54, 1.807) is 23.5 Å². The van der Waals surface area contributed by atoms with E-state index in [1.165, 1.54) is 0 Å². The monoisotopic (exact) mass is 393 g/mol. The predicted octanol–water partition coefficient (Wildman–Crippen LogP) is 4.48. The van der Waals surface area contributed by atoms with Crippen LogP contribution in [0.4, 0.5) is 5.69 Å². The van der Waals surface area contributed by atoms with E-state index < -0.39 is 0 Å². The highest BCUT2D eigenvalue weighted by Gasteiger charge is 2.07. The van der Waals surface area contributed by atoms with Crippen molar-refractivity contribution in [3.8, 4) is 22.8 Å². The van der Waals surface area contributed by atoms with Crippen LogP contribution >= 0.6 is 11.3 Å². The zero-order valence-corrected chi connectivity index (χ0v) is 16.1. The number of carbonyl (C=O) groups is 1. The Bertz CT molecular complexity index is 1060. The van der Waals surface area contributed by atoms with Crippen molar-refractivity contribution in [2.24, 2.45) is 0 Å². The van der Waals surface area contributed by atoms with Gasteiger partial charge in [0.1, 0.15) is 11.5 Å². The van der Waals surface area contributed by atoms with Crippen LogP contribution < -0.4 is 14.8 Å². The highest BCUT2D eigenvalue weighted by atomic mass is 32.1. The van der Waals surface area contributed by atoms with E-state index in [1.807, 2.05) is 65.5 Å². The van der Waals surface area contributed by atoms with Crippen molar-refractivity contribution < 1.29 is 14.3 Å². The first-order valence-corrected chi connectivity index (χ1v) is 9.77. The first-order chi connectivity index (χ1) is 13.7. The molecule has 2 aromatic carbocycles. The smallest absolute Gasteiger partial charge is 0.262 e. The van der Waals surface area contributed by atoms with Crippen LogP contribution in [0.15, 0.2) is 66.3 Å². The van der Waals surface area contributed by atoms with Crippen LogP contribution in [0.2, 0.25) is 0 Å². The maximum Gasteiger partial charge on any atom is 0.262 e. The van der Waals surface area contributed by atoms with Crippen LogP contribution in [0.3, 0.4) is 0 Å². The van der Waals surface area contributed by atoms with Gasteiger partial charge in [0, 0.05) is 35.1 Å². The first kappa shape index (κ1) is 18.1. The number of anilines is 1. The molecule has 0 saturated carbocycles. The normalized spacial score (nSPS) is 10.8. The SMILES string of the molecule is CCOc1cccc(OCC(=O)Nc2ccc(-c3cn4ccsc4n3)cc2)c1. The standard InChI is InChI=1S/C21H19N3O3S/c1-2-26-17-4-3-5-18(12-17)27-14-20(25)22-16-8-6-15(7-9-16)19-13-24-10-11-28-21(24)23-19/h3-13H,2,14H2,1H3,(H,22,25). The number of fused-ring (bicyclic) bond motifs is 1. The molecule has 0 spiro atoms. The number of nitrogens with one attached hydrogen (secondary N) is 1. The van der Waals surface area contributed by atoms with Crippen LogP contribution in [-0.2, 0) is 4.79 Å². The molecule has 4 aromatic rings. The highest BCUT2D eigenvalue weighted by molar-refractivity contribution is 7.15. The van der Waals surface area contributed by atoms with Gasteiger partial charge >= 0.3 is 0 Å². The lowest BCUT2D eigenvalue weighted by Crippen LogP contribution is -2.20. The Morgan fingerprint density at radius 1 is 1.14 bits per heavy atom. The van der Waals surface area contributed by atoms with E-state index in [9.17, 15) is 4.79 Å². The summed E-state index contributed by atoms with van der Waals surface area (Å²) in [7, 11) is 0. The van der Waals surface area contributed by atoms with Gasteiger partial charge in [0.25, 0.3) is 5.91 Å². The van der Waals surface area contributed by atoms with Gasteiger partial charge in [0.05, 0.1) is 12.3 Å². The van der Waals surface area contributed by atoms with Crippen molar-refractivity contribution in [2.75, 3.05) is 18.5 Å². The van der Waals surface area contributed by atoms with E-state index in [0.717, 1.165) is 22.0 Å².